The highest BCUT2D eigenvalue weighted by Crippen LogP contribution is 2.21. The number of hydrogen-bond donors (Lipinski definition) is 0. The lowest BCUT2D eigenvalue weighted by molar-refractivity contribution is -0.386. The third kappa shape index (κ3) is 3.99. The lowest BCUT2D eigenvalue weighted by atomic mass is 10.3. The average Bonchev–Trinajstić information content (AvgIpc) is 3.11. The highest BCUT2D eigenvalue weighted by atomic mass is 16.6. The molecule has 0 radical (unpaired) electrons. The van der Waals surface area contributed by atoms with Gasteiger partial charge in [-0.25, -0.2) is 0 Å². The molecule has 1 amide bonds. The van der Waals surface area contributed by atoms with Crippen LogP contribution in [0.5, 0.6) is 0 Å². The number of nitro groups is 1. The van der Waals surface area contributed by atoms with Crippen molar-refractivity contribution in [2.75, 3.05) is 20.3 Å². The zero-order valence-corrected chi connectivity index (χ0v) is 13.9. The fourth-order valence-corrected chi connectivity index (χ4v) is 2.42. The predicted octanol–water partition coefficient (Wildman–Crippen LogP) is 1.68. The molecular formula is C15H20N4O5. The molecule has 130 valence electrons. The van der Waals surface area contributed by atoms with Crippen LogP contribution in [0, 0.1) is 24.0 Å². The summed E-state index contributed by atoms with van der Waals surface area (Å²) in [5.41, 5.74) is 0.590. The molecule has 0 aromatic carbocycles. The van der Waals surface area contributed by atoms with Crippen molar-refractivity contribution in [1.82, 2.24) is 14.7 Å². The lowest BCUT2D eigenvalue weighted by Gasteiger charge is -2.21. The van der Waals surface area contributed by atoms with Crippen LogP contribution in [0.1, 0.15) is 17.1 Å². The summed E-state index contributed by atoms with van der Waals surface area (Å²) < 4.78 is 11.7. The maximum Gasteiger partial charge on any atom is 0.312 e. The fourth-order valence-electron chi connectivity index (χ4n) is 2.42. The molecule has 0 aliphatic carbocycles. The van der Waals surface area contributed by atoms with Crippen molar-refractivity contribution >= 4 is 11.6 Å². The number of aromatic nitrogens is 2. The van der Waals surface area contributed by atoms with Crippen molar-refractivity contribution in [1.29, 1.82) is 0 Å². The van der Waals surface area contributed by atoms with E-state index in [1.165, 1.54) is 4.68 Å². The largest absolute Gasteiger partial charge is 0.467 e. The Kier molecular flexibility index (Phi) is 5.69. The fraction of sp³-hybridized carbons (Fsp3) is 0.467. The first-order chi connectivity index (χ1) is 11.4. The molecule has 0 fully saturated rings. The molecule has 0 spiro atoms. The molecule has 2 heterocycles. The summed E-state index contributed by atoms with van der Waals surface area (Å²) in [4.78, 5) is 24.7. The van der Waals surface area contributed by atoms with E-state index in [-0.39, 0.29) is 18.1 Å². The van der Waals surface area contributed by atoms with Crippen molar-refractivity contribution in [3.8, 4) is 0 Å². The van der Waals surface area contributed by atoms with E-state index in [9.17, 15) is 14.9 Å². The smallest absolute Gasteiger partial charge is 0.312 e. The molecule has 0 saturated heterocycles. The number of carbonyl (C=O) groups is 1. The number of ether oxygens (including phenoxy) is 1. The van der Waals surface area contributed by atoms with Crippen molar-refractivity contribution in [2.45, 2.75) is 26.9 Å². The topological polar surface area (TPSA) is 104 Å². The first-order valence-corrected chi connectivity index (χ1v) is 7.41. The Balaban J connectivity index is 2.15. The highest BCUT2D eigenvalue weighted by molar-refractivity contribution is 5.76. The number of amides is 1. The zero-order valence-electron chi connectivity index (χ0n) is 13.9. The second-order valence-corrected chi connectivity index (χ2v) is 5.32. The Morgan fingerprint density at radius 2 is 2.25 bits per heavy atom. The van der Waals surface area contributed by atoms with Gasteiger partial charge in [0.1, 0.15) is 23.7 Å². The van der Waals surface area contributed by atoms with Gasteiger partial charge in [-0.15, -0.1) is 0 Å². The van der Waals surface area contributed by atoms with E-state index in [0.717, 1.165) is 0 Å². The Bertz CT molecular complexity index is 708. The molecule has 2 aromatic heterocycles. The summed E-state index contributed by atoms with van der Waals surface area (Å²) in [6, 6.07) is 3.53. The van der Waals surface area contributed by atoms with E-state index in [2.05, 4.69) is 5.10 Å². The summed E-state index contributed by atoms with van der Waals surface area (Å²) in [5.74, 6) is 0.433. The lowest BCUT2D eigenvalue weighted by Crippen LogP contribution is -2.36. The average molecular weight is 336 g/mol. The van der Waals surface area contributed by atoms with E-state index in [4.69, 9.17) is 9.15 Å². The monoisotopic (exact) mass is 336 g/mol. The molecule has 0 bridgehead atoms. The summed E-state index contributed by atoms with van der Waals surface area (Å²) >= 11 is 0. The second-order valence-electron chi connectivity index (χ2n) is 5.32. The van der Waals surface area contributed by atoms with Crippen LogP contribution < -0.4 is 0 Å². The standard InChI is InChI=1S/C15H20N4O5/c1-11-15(19(21)22)12(2)18(16-11)10-14(20)17(6-8-23-3)9-13-5-4-7-24-13/h4-5,7H,6,8-10H2,1-3H3. The van der Waals surface area contributed by atoms with Gasteiger partial charge < -0.3 is 14.1 Å². The van der Waals surface area contributed by atoms with Crippen LogP contribution in [0.4, 0.5) is 5.69 Å². The van der Waals surface area contributed by atoms with Crippen molar-refractivity contribution in [3.63, 3.8) is 0 Å². The van der Waals surface area contributed by atoms with Gasteiger partial charge in [0, 0.05) is 13.7 Å². The highest BCUT2D eigenvalue weighted by Gasteiger charge is 2.24. The van der Waals surface area contributed by atoms with Crippen LogP contribution in [0.25, 0.3) is 0 Å². The summed E-state index contributed by atoms with van der Waals surface area (Å²) in [7, 11) is 1.56. The number of furan rings is 1. The Morgan fingerprint density at radius 3 is 2.79 bits per heavy atom. The SMILES string of the molecule is COCCN(Cc1ccco1)C(=O)Cn1nc(C)c([N+](=O)[O-])c1C. The molecule has 0 unspecified atom stereocenters. The number of nitrogens with zero attached hydrogens (tertiary/aromatic N) is 4. The summed E-state index contributed by atoms with van der Waals surface area (Å²) in [6.07, 6.45) is 1.54. The van der Waals surface area contributed by atoms with Gasteiger partial charge in [-0.2, -0.15) is 5.10 Å². The quantitative estimate of drug-likeness (QED) is 0.536. The van der Waals surface area contributed by atoms with Crippen LogP contribution in [0.15, 0.2) is 22.8 Å². The molecule has 9 nitrogen and oxygen atoms in total. The van der Waals surface area contributed by atoms with Gasteiger partial charge in [0.05, 0.1) is 24.3 Å². The maximum atomic E-state index is 12.6. The summed E-state index contributed by atoms with van der Waals surface area (Å²) in [6.45, 7) is 4.12. The van der Waals surface area contributed by atoms with Crippen LogP contribution in [0.2, 0.25) is 0 Å². The predicted molar refractivity (Wildman–Crippen MR) is 84.4 cm³/mol. The molecule has 24 heavy (non-hydrogen) atoms. The van der Waals surface area contributed by atoms with E-state index < -0.39 is 4.92 Å². The minimum atomic E-state index is -0.482. The van der Waals surface area contributed by atoms with Crippen LogP contribution in [0.3, 0.4) is 0 Å². The van der Waals surface area contributed by atoms with Crippen LogP contribution >= 0.6 is 0 Å². The Morgan fingerprint density at radius 1 is 1.50 bits per heavy atom. The molecule has 2 aromatic rings. The molecule has 0 atom stereocenters. The molecule has 2 rings (SSSR count). The van der Waals surface area contributed by atoms with E-state index in [0.29, 0.717) is 36.8 Å². The van der Waals surface area contributed by atoms with Gasteiger partial charge in [-0.1, -0.05) is 0 Å². The molecule has 0 aliphatic rings. The summed E-state index contributed by atoms with van der Waals surface area (Å²) in [5, 5.41) is 15.2. The van der Waals surface area contributed by atoms with E-state index >= 15 is 0 Å². The second kappa shape index (κ2) is 7.73. The van der Waals surface area contributed by atoms with E-state index in [1.807, 2.05) is 0 Å². The Hall–Kier alpha value is -2.68. The first-order valence-electron chi connectivity index (χ1n) is 7.41. The number of rotatable bonds is 8. The van der Waals surface area contributed by atoms with Gasteiger partial charge in [-0.3, -0.25) is 19.6 Å². The van der Waals surface area contributed by atoms with Gasteiger partial charge >= 0.3 is 5.69 Å². The van der Waals surface area contributed by atoms with Gasteiger partial charge in [-0.05, 0) is 26.0 Å². The van der Waals surface area contributed by atoms with Gasteiger partial charge in [0.2, 0.25) is 5.91 Å². The molecule has 0 N–H and O–H groups in total. The number of hydrogen-bond acceptors (Lipinski definition) is 6. The number of carbonyl (C=O) groups excluding carboxylic acids is 1. The van der Waals surface area contributed by atoms with Crippen molar-refractivity contribution in [3.05, 3.63) is 45.7 Å². The minimum Gasteiger partial charge on any atom is -0.467 e. The van der Waals surface area contributed by atoms with Gasteiger partial charge in [0.25, 0.3) is 0 Å². The minimum absolute atomic E-state index is 0.0581. The zero-order chi connectivity index (χ0) is 17.7. The number of aryl methyl sites for hydroxylation is 1. The molecule has 9 heteroatoms. The van der Waals surface area contributed by atoms with E-state index in [1.54, 1.807) is 44.3 Å². The number of methoxy groups -OCH3 is 1. The maximum absolute atomic E-state index is 12.6. The molecule has 0 saturated carbocycles. The third-order valence-electron chi connectivity index (χ3n) is 3.66. The molecule has 0 aliphatic heterocycles. The first kappa shape index (κ1) is 17.7. The van der Waals surface area contributed by atoms with Crippen molar-refractivity contribution in [2.24, 2.45) is 0 Å². The Labute approximate surface area is 138 Å². The molecular weight excluding hydrogens is 316 g/mol. The van der Waals surface area contributed by atoms with Gasteiger partial charge in [0.15, 0.2) is 0 Å². The van der Waals surface area contributed by atoms with Crippen LogP contribution in [-0.4, -0.2) is 45.8 Å². The third-order valence-corrected chi connectivity index (χ3v) is 3.66. The van der Waals surface area contributed by atoms with Crippen molar-refractivity contribution < 1.29 is 18.9 Å². The van der Waals surface area contributed by atoms with Crippen LogP contribution in [-0.2, 0) is 22.6 Å². The normalized spacial score (nSPS) is 10.8.